The first-order chi connectivity index (χ1) is 11.5. The van der Waals surface area contributed by atoms with E-state index in [0.717, 1.165) is 38.5 Å². The lowest BCUT2D eigenvalue weighted by Crippen LogP contribution is -2.60. The number of carbonyl (C=O) groups is 1. The van der Waals surface area contributed by atoms with Gasteiger partial charge in [-0.2, -0.15) is 0 Å². The highest BCUT2D eigenvalue weighted by Crippen LogP contribution is 2.37. The van der Waals surface area contributed by atoms with E-state index >= 15 is 0 Å². The number of aliphatic hydroxyl groups is 4. The second-order valence-corrected chi connectivity index (χ2v) is 7.29. The Morgan fingerprint density at radius 2 is 1.67 bits per heavy atom. The van der Waals surface area contributed by atoms with E-state index < -0.39 is 37.3 Å². The minimum atomic E-state index is -1.45. The van der Waals surface area contributed by atoms with Crippen molar-refractivity contribution >= 4 is 5.78 Å². The maximum atomic E-state index is 12.7. The van der Waals surface area contributed by atoms with Crippen LogP contribution in [0.3, 0.4) is 0 Å². The van der Waals surface area contributed by atoms with Gasteiger partial charge in [-0.25, -0.2) is 0 Å². The smallest absolute Gasteiger partial charge is 0.186 e. The maximum absolute atomic E-state index is 12.7. The Labute approximate surface area is 141 Å². The van der Waals surface area contributed by atoms with Crippen LogP contribution in [0.1, 0.15) is 44.9 Å². The number of carbonyl (C=O) groups excluding carboxylic acids is 1. The predicted molar refractivity (Wildman–Crippen MR) is 82.9 cm³/mol. The number of aliphatic hydroxyl groups excluding tert-OH is 4. The number of fused-ring (bicyclic) bond motifs is 2. The van der Waals surface area contributed by atoms with Crippen molar-refractivity contribution in [3.05, 3.63) is 0 Å². The fourth-order valence-corrected chi connectivity index (χ4v) is 4.28. The van der Waals surface area contributed by atoms with E-state index in [9.17, 15) is 25.2 Å². The number of hydrogen-bond acceptors (Lipinski definition) is 7. The summed E-state index contributed by atoms with van der Waals surface area (Å²) in [6.07, 6.45) is -0.534. The molecule has 3 aliphatic rings. The average Bonchev–Trinajstić information content (AvgIpc) is 2.85. The van der Waals surface area contributed by atoms with Crippen LogP contribution in [0.4, 0.5) is 0 Å². The molecule has 4 N–H and O–H groups in total. The lowest BCUT2D eigenvalue weighted by Gasteiger charge is -2.41. The van der Waals surface area contributed by atoms with Gasteiger partial charge in [-0.3, -0.25) is 4.79 Å². The molecule has 2 aliphatic carbocycles. The third-order valence-electron chi connectivity index (χ3n) is 5.73. The first-order valence-corrected chi connectivity index (χ1v) is 9.02. The minimum Gasteiger partial charge on any atom is -0.394 e. The van der Waals surface area contributed by atoms with Crippen LogP contribution in [-0.4, -0.2) is 69.6 Å². The van der Waals surface area contributed by atoms with Gasteiger partial charge in [-0.05, 0) is 25.7 Å². The quantitative estimate of drug-likeness (QED) is 0.557. The van der Waals surface area contributed by atoms with Gasteiger partial charge in [-0.15, -0.1) is 0 Å². The van der Waals surface area contributed by atoms with Crippen LogP contribution in [0.25, 0.3) is 0 Å². The van der Waals surface area contributed by atoms with Crippen LogP contribution in [0, 0.1) is 11.8 Å². The van der Waals surface area contributed by atoms with Crippen molar-refractivity contribution in [3.63, 3.8) is 0 Å². The molecule has 0 unspecified atom stereocenters. The largest absolute Gasteiger partial charge is 0.394 e. The van der Waals surface area contributed by atoms with Gasteiger partial charge >= 0.3 is 0 Å². The molecule has 2 saturated carbocycles. The summed E-state index contributed by atoms with van der Waals surface area (Å²) >= 11 is 0. The SMILES string of the molecule is O=C1[C@@H]2CCCC[C@H]1[C@H](O[C@@H]1O[C@H](CO)[C@@H](O)[C@H](O)[C@H]1O)CCC2. The first-order valence-electron chi connectivity index (χ1n) is 9.02. The molecular weight excluding hydrogens is 316 g/mol. The van der Waals surface area contributed by atoms with Crippen LogP contribution in [0.2, 0.25) is 0 Å². The number of Topliss-reactive ketones (excluding diaryl/α,β-unsaturated/α-hetero) is 1. The topological polar surface area (TPSA) is 116 Å². The average molecular weight is 344 g/mol. The maximum Gasteiger partial charge on any atom is 0.186 e. The molecule has 2 bridgehead atoms. The molecule has 1 saturated heterocycles. The van der Waals surface area contributed by atoms with Crippen molar-refractivity contribution in [2.45, 2.75) is 81.8 Å². The van der Waals surface area contributed by atoms with Crippen LogP contribution < -0.4 is 0 Å². The lowest BCUT2D eigenvalue weighted by atomic mass is 9.89. The zero-order valence-electron chi connectivity index (χ0n) is 13.8. The second kappa shape index (κ2) is 7.76. The van der Waals surface area contributed by atoms with Gasteiger partial charge in [0, 0.05) is 11.8 Å². The summed E-state index contributed by atoms with van der Waals surface area (Å²) in [6.45, 7) is -0.486. The van der Waals surface area contributed by atoms with E-state index in [1.165, 1.54) is 0 Å². The van der Waals surface area contributed by atoms with Crippen molar-refractivity contribution in [1.29, 1.82) is 0 Å². The Balaban J connectivity index is 1.72. The van der Waals surface area contributed by atoms with Gasteiger partial charge in [0.1, 0.15) is 30.2 Å². The Bertz CT molecular complexity index is 441. The molecule has 0 spiro atoms. The highest BCUT2D eigenvalue weighted by atomic mass is 16.7. The van der Waals surface area contributed by atoms with E-state index in [1.807, 2.05) is 0 Å². The zero-order valence-corrected chi connectivity index (χ0v) is 13.8. The molecule has 3 fully saturated rings. The van der Waals surface area contributed by atoms with Crippen LogP contribution in [0.15, 0.2) is 0 Å². The molecule has 0 radical (unpaired) electrons. The van der Waals surface area contributed by atoms with Gasteiger partial charge < -0.3 is 29.9 Å². The molecule has 7 nitrogen and oxygen atoms in total. The fourth-order valence-electron chi connectivity index (χ4n) is 4.28. The molecular formula is C17H28O7. The van der Waals surface area contributed by atoms with Crippen LogP contribution in [0.5, 0.6) is 0 Å². The van der Waals surface area contributed by atoms with Gasteiger partial charge in [0.15, 0.2) is 6.29 Å². The first kappa shape index (κ1) is 18.2. The predicted octanol–water partition coefficient (Wildman–Crippen LogP) is -0.269. The molecule has 1 heterocycles. The molecule has 0 amide bonds. The van der Waals surface area contributed by atoms with Gasteiger partial charge in [0.25, 0.3) is 0 Å². The van der Waals surface area contributed by atoms with E-state index in [1.54, 1.807) is 0 Å². The van der Waals surface area contributed by atoms with E-state index in [0.29, 0.717) is 6.42 Å². The van der Waals surface area contributed by atoms with Crippen LogP contribution >= 0.6 is 0 Å². The molecule has 138 valence electrons. The summed E-state index contributed by atoms with van der Waals surface area (Å²) in [4.78, 5) is 12.7. The summed E-state index contributed by atoms with van der Waals surface area (Å²) < 4.78 is 11.3. The molecule has 3 rings (SSSR count). The number of hydrogen-bond donors (Lipinski definition) is 4. The molecule has 0 aromatic rings. The third-order valence-corrected chi connectivity index (χ3v) is 5.73. The highest BCUT2D eigenvalue weighted by Gasteiger charge is 2.46. The van der Waals surface area contributed by atoms with Gasteiger partial charge in [0.2, 0.25) is 0 Å². The summed E-state index contributed by atoms with van der Waals surface area (Å²) in [7, 11) is 0. The Morgan fingerprint density at radius 1 is 0.958 bits per heavy atom. The molecule has 1 aliphatic heterocycles. The Kier molecular flexibility index (Phi) is 5.89. The van der Waals surface area contributed by atoms with E-state index in [-0.39, 0.29) is 23.7 Å². The van der Waals surface area contributed by atoms with Crippen LogP contribution in [-0.2, 0) is 14.3 Å². The normalized spacial score (nSPS) is 47.1. The monoisotopic (exact) mass is 344 g/mol. The fraction of sp³-hybridized carbons (Fsp3) is 0.941. The minimum absolute atomic E-state index is 0.112. The van der Waals surface area contributed by atoms with Crippen molar-refractivity contribution in [1.82, 2.24) is 0 Å². The zero-order chi connectivity index (χ0) is 17.3. The van der Waals surface area contributed by atoms with Crippen molar-refractivity contribution in [2.75, 3.05) is 6.61 Å². The Hall–Kier alpha value is -0.570. The van der Waals surface area contributed by atoms with Crippen molar-refractivity contribution in [2.24, 2.45) is 11.8 Å². The number of ether oxygens (including phenoxy) is 2. The highest BCUT2D eigenvalue weighted by molar-refractivity contribution is 5.84. The summed E-state index contributed by atoms with van der Waals surface area (Å²) in [5.41, 5.74) is 0. The van der Waals surface area contributed by atoms with Gasteiger partial charge in [0.05, 0.1) is 12.7 Å². The van der Waals surface area contributed by atoms with Crippen molar-refractivity contribution < 1.29 is 34.7 Å². The van der Waals surface area contributed by atoms with E-state index in [4.69, 9.17) is 9.47 Å². The standard InChI is InChI=1S/C17H28O7/c18-8-12-14(20)15(21)16(22)17(24-12)23-11-7-3-5-9-4-1-2-6-10(11)13(9)19/h9-12,14-18,20-22H,1-8H2/t9-,10+,11-,12-,14-,15+,16-,17-/m1/s1. The third kappa shape index (κ3) is 3.52. The second-order valence-electron chi connectivity index (χ2n) is 7.29. The molecule has 24 heavy (non-hydrogen) atoms. The van der Waals surface area contributed by atoms with Gasteiger partial charge in [-0.1, -0.05) is 19.3 Å². The summed E-state index contributed by atoms with van der Waals surface area (Å²) in [5.74, 6) is 0.160. The Morgan fingerprint density at radius 3 is 2.42 bits per heavy atom. The molecule has 0 aromatic heterocycles. The van der Waals surface area contributed by atoms with E-state index in [2.05, 4.69) is 0 Å². The summed E-state index contributed by atoms with van der Waals surface area (Å²) in [6, 6.07) is 0. The number of ketones is 1. The molecule has 0 aromatic carbocycles. The lowest BCUT2D eigenvalue weighted by molar-refractivity contribution is -0.314. The summed E-state index contributed by atoms with van der Waals surface area (Å²) in [5, 5.41) is 39.1. The molecule has 7 heteroatoms. The van der Waals surface area contributed by atoms with Crippen molar-refractivity contribution in [3.8, 4) is 0 Å². The molecule has 8 atom stereocenters. The number of rotatable bonds is 3.